The van der Waals surface area contributed by atoms with Gasteiger partial charge in [0, 0.05) is 16.4 Å². The first-order chi connectivity index (χ1) is 10.8. The third-order valence-electron chi connectivity index (χ3n) is 7.22. The average Bonchev–Trinajstić information content (AvgIpc) is 2.86. The number of thioether (sulfide) groups is 1. The fourth-order valence-electron chi connectivity index (χ4n) is 5.40. The first-order valence-corrected chi connectivity index (χ1v) is 9.94. The van der Waals surface area contributed by atoms with Crippen molar-refractivity contribution >= 4 is 17.7 Å². The molecule has 3 saturated carbocycles. The molecule has 3 aliphatic carbocycles. The zero-order chi connectivity index (χ0) is 16.8. The van der Waals surface area contributed by atoms with E-state index >= 15 is 0 Å². The first kappa shape index (κ1) is 17.6. The Bertz CT molecular complexity index is 466. The fraction of sp³-hybridized carbons (Fsp3) is 0.944. The van der Waals surface area contributed by atoms with Crippen LogP contribution in [0.1, 0.15) is 52.4 Å². The van der Waals surface area contributed by atoms with Gasteiger partial charge in [-0.25, -0.2) is 0 Å². The molecule has 0 aromatic rings. The van der Waals surface area contributed by atoms with Crippen LogP contribution in [0.3, 0.4) is 0 Å². The Labute approximate surface area is 143 Å². The van der Waals surface area contributed by atoms with E-state index in [9.17, 15) is 15.0 Å². The van der Waals surface area contributed by atoms with Crippen molar-refractivity contribution in [1.82, 2.24) is 0 Å². The number of rotatable bonds is 4. The molecule has 0 aromatic carbocycles. The fourth-order valence-corrected chi connectivity index (χ4v) is 7.46. The van der Waals surface area contributed by atoms with Crippen LogP contribution in [0.15, 0.2) is 0 Å². The lowest BCUT2D eigenvalue weighted by Crippen LogP contribution is -2.44. The lowest BCUT2D eigenvalue weighted by molar-refractivity contribution is -0.150. The minimum absolute atomic E-state index is 0.0363. The lowest BCUT2D eigenvalue weighted by Gasteiger charge is -2.42. The minimum atomic E-state index is -0.593. The first-order valence-electron chi connectivity index (χ1n) is 8.89. The lowest BCUT2D eigenvalue weighted by atomic mass is 9.70. The Morgan fingerprint density at radius 1 is 1.26 bits per heavy atom. The van der Waals surface area contributed by atoms with Crippen LogP contribution in [-0.2, 0) is 9.53 Å². The zero-order valence-electron chi connectivity index (χ0n) is 14.5. The molecule has 0 aromatic heterocycles. The number of hydrogen-bond acceptors (Lipinski definition) is 5. The topological polar surface area (TPSA) is 66.8 Å². The number of esters is 1. The van der Waals surface area contributed by atoms with Crippen molar-refractivity contribution in [3.05, 3.63) is 0 Å². The van der Waals surface area contributed by atoms with E-state index in [1.54, 1.807) is 11.8 Å². The van der Waals surface area contributed by atoms with Crippen LogP contribution in [0.5, 0.6) is 0 Å². The van der Waals surface area contributed by atoms with E-state index in [0.29, 0.717) is 12.3 Å². The SMILES string of the molecule is COC(=O)[C@@H]1[C@H](O)CCC[C@H]1SC[C@]12CC[C@H](C[C@H]1O)C2(C)C. The van der Waals surface area contributed by atoms with Crippen LogP contribution in [-0.4, -0.2) is 46.5 Å². The molecule has 2 N–H and O–H groups in total. The highest BCUT2D eigenvalue weighted by molar-refractivity contribution is 8.00. The van der Waals surface area contributed by atoms with Gasteiger partial charge in [-0.15, -0.1) is 0 Å². The summed E-state index contributed by atoms with van der Waals surface area (Å²) in [5.74, 6) is 0.783. The number of carbonyl (C=O) groups excluding carboxylic acids is 1. The van der Waals surface area contributed by atoms with Crippen LogP contribution < -0.4 is 0 Å². The highest BCUT2D eigenvalue weighted by atomic mass is 32.2. The van der Waals surface area contributed by atoms with E-state index in [2.05, 4.69) is 13.8 Å². The van der Waals surface area contributed by atoms with E-state index in [1.807, 2.05) is 0 Å². The monoisotopic (exact) mass is 342 g/mol. The smallest absolute Gasteiger partial charge is 0.312 e. The Morgan fingerprint density at radius 2 is 2.00 bits per heavy atom. The molecule has 3 fully saturated rings. The molecule has 0 saturated heterocycles. The minimum Gasteiger partial charge on any atom is -0.469 e. The Balaban J connectivity index is 1.72. The summed E-state index contributed by atoms with van der Waals surface area (Å²) in [4.78, 5) is 12.1. The van der Waals surface area contributed by atoms with E-state index in [0.717, 1.165) is 31.4 Å². The summed E-state index contributed by atoms with van der Waals surface area (Å²) in [7, 11) is 1.40. The largest absolute Gasteiger partial charge is 0.469 e. The molecule has 23 heavy (non-hydrogen) atoms. The van der Waals surface area contributed by atoms with Crippen molar-refractivity contribution in [3.8, 4) is 0 Å². The van der Waals surface area contributed by atoms with Crippen molar-refractivity contribution in [2.24, 2.45) is 22.7 Å². The predicted octanol–water partition coefficient (Wildman–Crippen LogP) is 2.61. The van der Waals surface area contributed by atoms with Crippen molar-refractivity contribution in [3.63, 3.8) is 0 Å². The maximum atomic E-state index is 12.1. The number of aliphatic hydroxyl groups is 2. The van der Waals surface area contributed by atoms with Gasteiger partial charge in [0.05, 0.1) is 25.2 Å². The van der Waals surface area contributed by atoms with Crippen LogP contribution in [0.2, 0.25) is 0 Å². The Morgan fingerprint density at radius 3 is 2.57 bits per heavy atom. The number of aliphatic hydroxyl groups excluding tert-OH is 2. The Hall–Kier alpha value is -0.260. The number of hydrogen-bond donors (Lipinski definition) is 2. The highest BCUT2D eigenvalue weighted by Crippen LogP contribution is 2.66. The molecule has 0 unspecified atom stereocenters. The molecule has 6 atom stereocenters. The van der Waals surface area contributed by atoms with Gasteiger partial charge in [-0.3, -0.25) is 4.79 Å². The third kappa shape index (κ3) is 2.63. The van der Waals surface area contributed by atoms with Crippen LogP contribution in [0.4, 0.5) is 0 Å². The molecule has 2 bridgehead atoms. The quantitative estimate of drug-likeness (QED) is 0.769. The number of fused-ring (bicyclic) bond motifs is 2. The van der Waals surface area contributed by atoms with E-state index in [1.165, 1.54) is 13.5 Å². The number of methoxy groups -OCH3 is 1. The van der Waals surface area contributed by atoms with Crippen molar-refractivity contribution < 1.29 is 19.7 Å². The van der Waals surface area contributed by atoms with Crippen molar-refractivity contribution in [2.45, 2.75) is 69.8 Å². The van der Waals surface area contributed by atoms with E-state index in [-0.39, 0.29) is 28.2 Å². The number of carbonyl (C=O) groups is 1. The molecule has 132 valence electrons. The van der Waals surface area contributed by atoms with Crippen molar-refractivity contribution in [1.29, 1.82) is 0 Å². The zero-order valence-corrected chi connectivity index (χ0v) is 15.3. The third-order valence-corrected chi connectivity index (χ3v) is 8.86. The second kappa shape index (κ2) is 6.23. The summed E-state index contributed by atoms with van der Waals surface area (Å²) in [5, 5.41) is 21.0. The van der Waals surface area contributed by atoms with Gasteiger partial charge in [-0.1, -0.05) is 13.8 Å². The summed E-state index contributed by atoms with van der Waals surface area (Å²) in [6, 6.07) is 0. The van der Waals surface area contributed by atoms with Gasteiger partial charge >= 0.3 is 5.97 Å². The van der Waals surface area contributed by atoms with Crippen LogP contribution in [0.25, 0.3) is 0 Å². The van der Waals surface area contributed by atoms with Gasteiger partial charge in [0.1, 0.15) is 0 Å². The second-order valence-corrected chi connectivity index (χ2v) is 9.49. The molecule has 0 spiro atoms. The summed E-state index contributed by atoms with van der Waals surface area (Å²) in [6.07, 6.45) is 4.96. The molecule has 3 aliphatic rings. The standard InChI is InChI=1S/C18H30O4S/c1-17(2)11-7-8-18(17,14(20)9-11)10-23-13-6-4-5-12(19)15(13)16(21)22-3/h11-15,19-20H,4-10H2,1-3H3/t11-,12-,13-,14-,15-,18-/m1/s1. The van der Waals surface area contributed by atoms with Gasteiger partial charge in [0.2, 0.25) is 0 Å². The van der Waals surface area contributed by atoms with Crippen molar-refractivity contribution in [2.75, 3.05) is 12.9 Å². The van der Waals surface area contributed by atoms with Gasteiger partial charge in [-0.05, 0) is 49.9 Å². The highest BCUT2D eigenvalue weighted by Gasteiger charge is 2.63. The number of ether oxygens (including phenoxy) is 1. The van der Waals surface area contributed by atoms with E-state index in [4.69, 9.17) is 4.74 Å². The molecule has 0 radical (unpaired) electrons. The maximum Gasteiger partial charge on any atom is 0.312 e. The normalized spacial score (nSPS) is 45.2. The summed E-state index contributed by atoms with van der Waals surface area (Å²) >= 11 is 1.79. The summed E-state index contributed by atoms with van der Waals surface area (Å²) < 4.78 is 4.92. The van der Waals surface area contributed by atoms with Gasteiger partial charge in [-0.2, -0.15) is 11.8 Å². The van der Waals surface area contributed by atoms with Gasteiger partial charge in [0.15, 0.2) is 0 Å². The molecular weight excluding hydrogens is 312 g/mol. The van der Waals surface area contributed by atoms with Crippen LogP contribution in [0, 0.1) is 22.7 Å². The molecule has 4 nitrogen and oxygen atoms in total. The summed E-state index contributed by atoms with van der Waals surface area (Å²) in [5.41, 5.74) is 0.124. The molecular formula is C18H30O4S. The molecule has 0 amide bonds. The van der Waals surface area contributed by atoms with E-state index < -0.39 is 12.0 Å². The molecule has 3 rings (SSSR count). The maximum absolute atomic E-state index is 12.1. The summed E-state index contributed by atoms with van der Waals surface area (Å²) in [6.45, 7) is 4.60. The predicted molar refractivity (Wildman–Crippen MR) is 91.2 cm³/mol. The Kier molecular flexibility index (Phi) is 4.76. The van der Waals surface area contributed by atoms with Gasteiger partial charge in [0.25, 0.3) is 0 Å². The molecule has 0 aliphatic heterocycles. The van der Waals surface area contributed by atoms with Crippen LogP contribution >= 0.6 is 11.8 Å². The molecule has 0 heterocycles. The average molecular weight is 343 g/mol. The molecule has 5 heteroatoms. The van der Waals surface area contributed by atoms with Gasteiger partial charge < -0.3 is 14.9 Å². The second-order valence-electron chi connectivity index (χ2n) is 8.26.